The first kappa shape index (κ1) is 14.1. The lowest BCUT2D eigenvalue weighted by molar-refractivity contribution is -0.149. The Morgan fingerprint density at radius 3 is 3.10 bits per heavy atom. The Hall–Kier alpha value is -1.89. The molecular formula is C14H20N4O3. The average Bonchev–Trinajstić information content (AvgIpc) is 3.06. The van der Waals surface area contributed by atoms with E-state index in [0.717, 1.165) is 24.2 Å². The number of H-pyrrole nitrogens is 1. The molecular weight excluding hydrogens is 272 g/mol. The van der Waals surface area contributed by atoms with Gasteiger partial charge in [-0.05, 0) is 19.8 Å². The number of imidazole rings is 1. The first-order chi connectivity index (χ1) is 10.0. The fourth-order valence-electron chi connectivity index (χ4n) is 3.28. The molecule has 0 radical (unpaired) electrons. The molecule has 1 aromatic rings. The molecule has 1 fully saturated rings. The zero-order valence-corrected chi connectivity index (χ0v) is 12.0. The van der Waals surface area contributed by atoms with Crippen LogP contribution in [0.1, 0.15) is 37.6 Å². The number of amides is 1. The van der Waals surface area contributed by atoms with Crippen LogP contribution in [-0.2, 0) is 22.6 Å². The minimum absolute atomic E-state index is 0.136. The van der Waals surface area contributed by atoms with Crippen molar-refractivity contribution in [1.29, 1.82) is 0 Å². The molecule has 0 saturated heterocycles. The van der Waals surface area contributed by atoms with Crippen LogP contribution in [0, 0.1) is 5.41 Å². The van der Waals surface area contributed by atoms with Crippen molar-refractivity contribution in [3.8, 4) is 0 Å². The molecule has 4 N–H and O–H groups in total. The lowest BCUT2D eigenvalue weighted by Gasteiger charge is -2.30. The molecule has 1 aromatic heterocycles. The number of fused-ring (bicyclic) bond motifs is 1. The van der Waals surface area contributed by atoms with Gasteiger partial charge in [0, 0.05) is 19.0 Å². The summed E-state index contributed by atoms with van der Waals surface area (Å²) in [6.45, 7) is 2.29. The summed E-state index contributed by atoms with van der Waals surface area (Å²) in [6, 6.07) is -0.649. The van der Waals surface area contributed by atoms with Crippen molar-refractivity contribution in [2.24, 2.45) is 5.41 Å². The Bertz CT molecular complexity index is 570. The molecule has 0 bridgehead atoms. The first-order valence-electron chi connectivity index (χ1n) is 7.29. The molecule has 1 aliphatic heterocycles. The third kappa shape index (κ3) is 2.42. The predicted octanol–water partition coefficient (Wildman–Crippen LogP) is 0.184. The second-order valence-electron chi connectivity index (χ2n) is 6.14. The molecule has 3 atom stereocenters. The molecule has 7 nitrogen and oxygen atoms in total. The maximum absolute atomic E-state index is 12.4. The molecule has 3 unspecified atom stereocenters. The summed E-state index contributed by atoms with van der Waals surface area (Å²) in [5, 5.41) is 15.5. The number of aliphatic carboxylic acids is 1. The molecule has 2 heterocycles. The van der Waals surface area contributed by atoms with E-state index in [1.807, 2.05) is 0 Å². The second-order valence-corrected chi connectivity index (χ2v) is 6.14. The van der Waals surface area contributed by atoms with E-state index in [4.69, 9.17) is 0 Å². The number of carboxylic acid groups (broad SMARTS) is 1. The third-order valence-corrected chi connectivity index (χ3v) is 4.81. The topological polar surface area (TPSA) is 107 Å². The van der Waals surface area contributed by atoms with E-state index < -0.39 is 11.4 Å². The van der Waals surface area contributed by atoms with Gasteiger partial charge in [-0.15, -0.1) is 0 Å². The highest BCUT2D eigenvalue weighted by molar-refractivity contribution is 5.84. The SMILES string of the molecule is CC1(C(=O)O)CCCC1NC(=O)C1Cc2nc[nH]c2CN1. The van der Waals surface area contributed by atoms with Gasteiger partial charge in [0.15, 0.2) is 0 Å². The van der Waals surface area contributed by atoms with Crippen LogP contribution in [0.4, 0.5) is 0 Å². The van der Waals surface area contributed by atoms with Gasteiger partial charge < -0.3 is 15.4 Å². The number of nitrogens with one attached hydrogen (secondary N) is 3. The minimum Gasteiger partial charge on any atom is -0.481 e. The molecule has 2 aliphatic rings. The Morgan fingerprint density at radius 2 is 2.33 bits per heavy atom. The van der Waals surface area contributed by atoms with E-state index in [1.165, 1.54) is 0 Å². The Labute approximate surface area is 122 Å². The number of hydrogen-bond donors (Lipinski definition) is 4. The van der Waals surface area contributed by atoms with Crippen molar-refractivity contribution in [3.05, 3.63) is 17.7 Å². The van der Waals surface area contributed by atoms with Crippen LogP contribution in [-0.4, -0.2) is 39.0 Å². The number of hydrogen-bond acceptors (Lipinski definition) is 4. The minimum atomic E-state index is -0.859. The standard InChI is InChI=1S/C14H20N4O3/c1-14(13(20)21)4-2-3-11(14)18-12(19)9-5-8-10(6-15-9)17-7-16-8/h7,9,11,15H,2-6H2,1H3,(H,16,17)(H,18,19)(H,20,21). The lowest BCUT2D eigenvalue weighted by atomic mass is 9.84. The molecule has 0 spiro atoms. The van der Waals surface area contributed by atoms with Crippen molar-refractivity contribution in [3.63, 3.8) is 0 Å². The molecule has 0 aromatic carbocycles. The zero-order valence-electron chi connectivity index (χ0n) is 12.0. The number of rotatable bonds is 3. The fourth-order valence-corrected chi connectivity index (χ4v) is 3.28. The monoisotopic (exact) mass is 292 g/mol. The van der Waals surface area contributed by atoms with Crippen LogP contribution >= 0.6 is 0 Å². The van der Waals surface area contributed by atoms with Crippen LogP contribution in [0.5, 0.6) is 0 Å². The summed E-state index contributed by atoms with van der Waals surface area (Å²) in [4.78, 5) is 31.1. The maximum Gasteiger partial charge on any atom is 0.311 e. The Morgan fingerprint density at radius 1 is 1.52 bits per heavy atom. The van der Waals surface area contributed by atoms with E-state index >= 15 is 0 Å². The highest BCUT2D eigenvalue weighted by Crippen LogP contribution is 2.38. The molecule has 1 amide bonds. The highest BCUT2D eigenvalue weighted by Gasteiger charge is 2.46. The molecule has 3 rings (SSSR count). The Balaban J connectivity index is 1.66. The number of aromatic nitrogens is 2. The normalized spacial score (nSPS) is 31.7. The van der Waals surface area contributed by atoms with Gasteiger partial charge in [0.1, 0.15) is 0 Å². The van der Waals surface area contributed by atoms with Gasteiger partial charge in [-0.25, -0.2) is 4.98 Å². The van der Waals surface area contributed by atoms with Crippen LogP contribution in [0.2, 0.25) is 0 Å². The average molecular weight is 292 g/mol. The van der Waals surface area contributed by atoms with Gasteiger partial charge >= 0.3 is 5.97 Å². The maximum atomic E-state index is 12.4. The van der Waals surface area contributed by atoms with Crippen molar-refractivity contribution in [2.45, 2.75) is 51.2 Å². The fraction of sp³-hybridized carbons (Fsp3) is 0.643. The van der Waals surface area contributed by atoms with Crippen molar-refractivity contribution in [1.82, 2.24) is 20.6 Å². The van der Waals surface area contributed by atoms with Crippen LogP contribution in [0.15, 0.2) is 6.33 Å². The quantitative estimate of drug-likeness (QED) is 0.636. The van der Waals surface area contributed by atoms with E-state index in [0.29, 0.717) is 19.4 Å². The van der Waals surface area contributed by atoms with Gasteiger partial charge in [0.2, 0.25) is 5.91 Å². The molecule has 7 heteroatoms. The van der Waals surface area contributed by atoms with Crippen molar-refractivity contribution >= 4 is 11.9 Å². The summed E-state index contributed by atoms with van der Waals surface area (Å²) in [5.41, 5.74) is 1.05. The van der Waals surface area contributed by atoms with Crippen molar-refractivity contribution < 1.29 is 14.7 Å². The van der Waals surface area contributed by atoms with Gasteiger partial charge in [0.25, 0.3) is 0 Å². The summed E-state index contributed by atoms with van der Waals surface area (Å²) < 4.78 is 0. The molecule has 1 saturated carbocycles. The highest BCUT2D eigenvalue weighted by atomic mass is 16.4. The zero-order chi connectivity index (χ0) is 15.0. The first-order valence-corrected chi connectivity index (χ1v) is 7.29. The summed E-state index contributed by atoms with van der Waals surface area (Å²) >= 11 is 0. The Kier molecular flexibility index (Phi) is 3.44. The summed E-state index contributed by atoms with van der Waals surface area (Å²) in [5.74, 6) is -0.973. The largest absolute Gasteiger partial charge is 0.481 e. The van der Waals surface area contributed by atoms with Crippen LogP contribution in [0.3, 0.4) is 0 Å². The van der Waals surface area contributed by atoms with Crippen molar-refractivity contribution in [2.75, 3.05) is 0 Å². The van der Waals surface area contributed by atoms with E-state index in [-0.39, 0.29) is 18.0 Å². The van der Waals surface area contributed by atoms with Gasteiger partial charge in [-0.1, -0.05) is 6.42 Å². The van der Waals surface area contributed by atoms with Crippen LogP contribution in [0.25, 0.3) is 0 Å². The van der Waals surface area contributed by atoms with E-state index in [9.17, 15) is 14.7 Å². The lowest BCUT2D eigenvalue weighted by Crippen LogP contribution is -2.54. The smallest absolute Gasteiger partial charge is 0.311 e. The number of nitrogens with zero attached hydrogens (tertiary/aromatic N) is 1. The van der Waals surface area contributed by atoms with Crippen LogP contribution < -0.4 is 10.6 Å². The van der Waals surface area contributed by atoms with Gasteiger partial charge in [-0.2, -0.15) is 0 Å². The predicted molar refractivity (Wildman–Crippen MR) is 74.4 cm³/mol. The number of carboxylic acids is 1. The van der Waals surface area contributed by atoms with E-state index in [1.54, 1.807) is 13.3 Å². The summed E-state index contributed by atoms with van der Waals surface area (Å²) in [6.07, 6.45) is 4.31. The molecule has 21 heavy (non-hydrogen) atoms. The van der Waals surface area contributed by atoms with E-state index in [2.05, 4.69) is 20.6 Å². The van der Waals surface area contributed by atoms with Gasteiger partial charge in [0.05, 0.1) is 29.2 Å². The number of carbonyl (C=O) groups excluding carboxylic acids is 1. The van der Waals surface area contributed by atoms with Gasteiger partial charge in [-0.3, -0.25) is 14.9 Å². The number of carbonyl (C=O) groups is 2. The summed E-state index contributed by atoms with van der Waals surface area (Å²) in [7, 11) is 0. The number of aromatic amines is 1. The third-order valence-electron chi connectivity index (χ3n) is 4.81. The second kappa shape index (κ2) is 5.14. The molecule has 1 aliphatic carbocycles. The molecule has 114 valence electrons.